The number of carbonyl (C=O) groups is 1. The van der Waals surface area contributed by atoms with Crippen molar-refractivity contribution >= 4 is 32.7 Å². The fourth-order valence-electron chi connectivity index (χ4n) is 6.69. The molecule has 2 aromatic heterocycles. The monoisotopic (exact) mass is 743 g/mol. The lowest BCUT2D eigenvalue weighted by Gasteiger charge is -2.36. The SMILES string of the molecule is COC1CC(Nc2nccc(-c3cccnc3Oc3c(C)ccc4c(CS(=O)(=O)Cc5ccccc5)cccc34)n2)CN(C(=O)OCc2ccccc2)C1. The van der Waals surface area contributed by atoms with Crippen LogP contribution in [0.3, 0.4) is 0 Å². The number of hydrogen-bond donors (Lipinski definition) is 1. The van der Waals surface area contributed by atoms with Gasteiger partial charge in [0, 0.05) is 37.5 Å². The summed E-state index contributed by atoms with van der Waals surface area (Å²) in [5.41, 5.74) is 4.45. The quantitative estimate of drug-likeness (QED) is 0.133. The zero-order valence-electron chi connectivity index (χ0n) is 30.1. The molecule has 54 heavy (non-hydrogen) atoms. The molecule has 276 valence electrons. The molecule has 0 spiro atoms. The number of sulfone groups is 1. The number of hydrogen-bond acceptors (Lipinski definition) is 10. The number of aromatic nitrogens is 3. The highest BCUT2D eigenvalue weighted by molar-refractivity contribution is 7.89. The van der Waals surface area contributed by atoms with Gasteiger partial charge in [-0.05, 0) is 59.2 Å². The summed E-state index contributed by atoms with van der Waals surface area (Å²) in [4.78, 5) is 28.6. The lowest BCUT2D eigenvalue weighted by Crippen LogP contribution is -2.51. The first-order valence-corrected chi connectivity index (χ1v) is 19.5. The van der Waals surface area contributed by atoms with Crippen LogP contribution in [0.25, 0.3) is 22.0 Å². The molecule has 0 aliphatic carbocycles. The Labute approximate surface area is 314 Å². The maximum absolute atomic E-state index is 13.3. The minimum Gasteiger partial charge on any atom is -0.445 e. The van der Waals surface area contributed by atoms with Crippen LogP contribution in [-0.2, 0) is 37.4 Å². The van der Waals surface area contributed by atoms with Gasteiger partial charge >= 0.3 is 6.09 Å². The van der Waals surface area contributed by atoms with E-state index in [0.717, 1.165) is 27.5 Å². The summed E-state index contributed by atoms with van der Waals surface area (Å²) in [7, 11) is -1.82. The normalized spacial score (nSPS) is 15.9. The molecule has 3 heterocycles. The zero-order chi connectivity index (χ0) is 37.5. The number of amides is 1. The van der Waals surface area contributed by atoms with Crippen LogP contribution in [0.4, 0.5) is 10.7 Å². The number of likely N-dealkylation sites (tertiary alicyclic amines) is 1. The van der Waals surface area contributed by atoms with E-state index in [2.05, 4.69) is 15.3 Å². The van der Waals surface area contributed by atoms with Crippen molar-refractivity contribution in [3.63, 3.8) is 0 Å². The van der Waals surface area contributed by atoms with E-state index < -0.39 is 15.9 Å². The van der Waals surface area contributed by atoms with Crippen molar-refractivity contribution in [3.05, 3.63) is 144 Å². The fraction of sp³-hybridized carbons (Fsp3) is 0.238. The molecule has 6 aromatic rings. The molecule has 0 bridgehead atoms. The minimum absolute atomic E-state index is 0.0419. The average Bonchev–Trinajstić information content (AvgIpc) is 3.18. The number of benzene rings is 4. The number of fused-ring (bicyclic) bond motifs is 1. The standard InChI is InChI=1S/C42H41N5O6S/c1-29-18-19-35-32(28-54(49,50)27-31-13-7-4-8-14-31)15-9-16-36(35)39(29)53-40-37(17-10-21-43-40)38-20-22-44-41(46-38)45-33-23-34(51-2)25-47(24-33)42(48)52-26-30-11-5-3-6-12-30/h3-22,33-34H,23-28H2,1-2H3,(H,44,45,46). The number of rotatable bonds is 12. The van der Waals surface area contributed by atoms with Crippen molar-refractivity contribution in [3.8, 4) is 22.9 Å². The van der Waals surface area contributed by atoms with Crippen LogP contribution < -0.4 is 10.1 Å². The number of nitrogens with one attached hydrogen (secondary N) is 1. The number of piperidine rings is 1. The Hall–Kier alpha value is -5.85. The van der Waals surface area contributed by atoms with Crippen molar-refractivity contribution in [1.82, 2.24) is 19.9 Å². The third-order valence-corrected chi connectivity index (χ3v) is 10.9. The van der Waals surface area contributed by atoms with Crippen LogP contribution in [-0.4, -0.2) is 66.7 Å². The second-order valence-corrected chi connectivity index (χ2v) is 15.4. The summed E-state index contributed by atoms with van der Waals surface area (Å²) in [6, 6.07) is 33.5. The minimum atomic E-state index is -3.45. The Balaban J connectivity index is 1.09. The molecule has 1 amide bonds. The van der Waals surface area contributed by atoms with E-state index in [9.17, 15) is 13.2 Å². The highest BCUT2D eigenvalue weighted by atomic mass is 32.2. The maximum atomic E-state index is 13.3. The third kappa shape index (κ3) is 8.84. The molecule has 2 unspecified atom stereocenters. The van der Waals surface area contributed by atoms with Gasteiger partial charge in [0.2, 0.25) is 11.8 Å². The number of methoxy groups -OCH3 is 1. The van der Waals surface area contributed by atoms with Gasteiger partial charge in [0.25, 0.3) is 0 Å². The third-order valence-electron chi connectivity index (χ3n) is 9.35. The number of aryl methyl sites for hydroxylation is 1. The Morgan fingerprint density at radius 2 is 1.59 bits per heavy atom. The van der Waals surface area contributed by atoms with Crippen molar-refractivity contribution in [2.45, 2.75) is 43.6 Å². The van der Waals surface area contributed by atoms with Crippen molar-refractivity contribution in [2.75, 3.05) is 25.5 Å². The van der Waals surface area contributed by atoms with Gasteiger partial charge in [0.15, 0.2) is 9.84 Å². The summed E-state index contributed by atoms with van der Waals surface area (Å²) in [6.07, 6.45) is 3.35. The van der Waals surface area contributed by atoms with Crippen LogP contribution in [0.5, 0.6) is 11.6 Å². The highest BCUT2D eigenvalue weighted by Gasteiger charge is 2.31. The summed E-state index contributed by atoms with van der Waals surface area (Å²) >= 11 is 0. The second-order valence-electron chi connectivity index (χ2n) is 13.3. The summed E-state index contributed by atoms with van der Waals surface area (Å²) < 4.78 is 44.4. The summed E-state index contributed by atoms with van der Waals surface area (Å²) in [6.45, 7) is 2.93. The van der Waals surface area contributed by atoms with Crippen LogP contribution >= 0.6 is 0 Å². The molecule has 1 aliphatic heterocycles. The second kappa shape index (κ2) is 16.4. The van der Waals surface area contributed by atoms with E-state index in [1.54, 1.807) is 30.5 Å². The van der Waals surface area contributed by atoms with Crippen LogP contribution in [0.15, 0.2) is 122 Å². The Bertz CT molecular complexity index is 2340. The van der Waals surface area contributed by atoms with Gasteiger partial charge in [-0.1, -0.05) is 91.0 Å². The highest BCUT2D eigenvalue weighted by Crippen LogP contribution is 2.38. The molecule has 2 atom stereocenters. The topological polar surface area (TPSA) is 133 Å². The number of anilines is 1. The van der Waals surface area contributed by atoms with E-state index in [0.29, 0.717) is 53.9 Å². The van der Waals surface area contributed by atoms with Gasteiger partial charge in [0.05, 0.1) is 35.4 Å². The molecule has 12 heteroatoms. The first-order valence-electron chi connectivity index (χ1n) is 17.7. The predicted molar refractivity (Wildman–Crippen MR) is 208 cm³/mol. The fourth-order valence-corrected chi connectivity index (χ4v) is 8.22. The van der Waals surface area contributed by atoms with Gasteiger partial charge < -0.3 is 24.4 Å². The van der Waals surface area contributed by atoms with E-state index in [4.69, 9.17) is 19.2 Å². The molecule has 7 rings (SSSR count). The van der Waals surface area contributed by atoms with E-state index >= 15 is 0 Å². The van der Waals surface area contributed by atoms with Gasteiger partial charge in [-0.2, -0.15) is 0 Å². The van der Waals surface area contributed by atoms with Crippen molar-refractivity contribution in [1.29, 1.82) is 0 Å². The molecular weight excluding hydrogens is 703 g/mol. The molecule has 1 aliphatic rings. The molecule has 4 aromatic carbocycles. The van der Waals surface area contributed by atoms with Crippen molar-refractivity contribution < 1.29 is 27.4 Å². The molecule has 1 saturated heterocycles. The molecule has 11 nitrogen and oxygen atoms in total. The Kier molecular flexibility index (Phi) is 11.1. The zero-order valence-corrected chi connectivity index (χ0v) is 30.9. The number of nitrogens with zero attached hydrogens (tertiary/aromatic N) is 4. The lowest BCUT2D eigenvalue weighted by atomic mass is 10.0. The van der Waals surface area contributed by atoms with E-state index in [1.165, 1.54) is 0 Å². The summed E-state index contributed by atoms with van der Waals surface area (Å²) in [5.74, 6) is 1.15. The van der Waals surface area contributed by atoms with Gasteiger partial charge in [-0.3, -0.25) is 0 Å². The van der Waals surface area contributed by atoms with Gasteiger partial charge in [0.1, 0.15) is 12.4 Å². The average molecular weight is 744 g/mol. The lowest BCUT2D eigenvalue weighted by molar-refractivity contribution is 0.0180. The number of carbonyl (C=O) groups excluding carboxylic acids is 1. The predicted octanol–water partition coefficient (Wildman–Crippen LogP) is 7.75. The first-order chi connectivity index (χ1) is 26.2. The van der Waals surface area contributed by atoms with Crippen LogP contribution in [0.2, 0.25) is 0 Å². The van der Waals surface area contributed by atoms with Gasteiger partial charge in [-0.15, -0.1) is 0 Å². The molecular formula is C42H41N5O6S. The molecule has 0 saturated carbocycles. The Morgan fingerprint density at radius 3 is 2.37 bits per heavy atom. The van der Waals surface area contributed by atoms with Gasteiger partial charge in [-0.25, -0.2) is 28.2 Å². The maximum Gasteiger partial charge on any atom is 0.410 e. The Morgan fingerprint density at radius 1 is 0.815 bits per heavy atom. The smallest absolute Gasteiger partial charge is 0.410 e. The van der Waals surface area contributed by atoms with Crippen LogP contribution in [0.1, 0.15) is 28.7 Å². The number of pyridine rings is 1. The van der Waals surface area contributed by atoms with Crippen LogP contribution in [0, 0.1) is 6.92 Å². The summed E-state index contributed by atoms with van der Waals surface area (Å²) in [5, 5.41) is 4.97. The molecule has 1 fully saturated rings. The number of ether oxygens (including phenoxy) is 3. The van der Waals surface area contributed by atoms with E-state index in [-0.39, 0.29) is 30.3 Å². The first kappa shape index (κ1) is 36.5. The molecule has 0 radical (unpaired) electrons. The molecule has 1 N–H and O–H groups in total. The largest absolute Gasteiger partial charge is 0.445 e. The van der Waals surface area contributed by atoms with E-state index in [1.807, 2.05) is 110 Å². The van der Waals surface area contributed by atoms with Crippen molar-refractivity contribution in [2.24, 2.45) is 0 Å².